The van der Waals surface area contributed by atoms with Crippen molar-refractivity contribution in [1.29, 1.82) is 0 Å². The third-order valence-corrected chi connectivity index (χ3v) is 3.56. The van der Waals surface area contributed by atoms with E-state index in [1.54, 1.807) is 9.58 Å². The maximum atomic E-state index is 12.2. The Morgan fingerprint density at radius 1 is 1.38 bits per heavy atom. The molecular weight excluding hydrogens is 270 g/mol. The molecule has 0 radical (unpaired) electrons. The summed E-state index contributed by atoms with van der Waals surface area (Å²) in [6.07, 6.45) is 2.43. The molecule has 0 spiro atoms. The summed E-state index contributed by atoms with van der Waals surface area (Å²) in [5.74, 6) is 0.526. The summed E-state index contributed by atoms with van der Waals surface area (Å²) in [5.41, 5.74) is -0.338. The SMILES string of the molecule is CCCn1ncnc1CN1C(=O)CNC(=O)C1C(C)(C)C. The number of hydrogen-bond acceptors (Lipinski definition) is 4. The van der Waals surface area contributed by atoms with E-state index in [4.69, 9.17) is 0 Å². The van der Waals surface area contributed by atoms with Crippen molar-refractivity contribution in [3.63, 3.8) is 0 Å². The molecule has 0 bridgehead atoms. The van der Waals surface area contributed by atoms with Crippen LogP contribution in [0.15, 0.2) is 6.33 Å². The zero-order chi connectivity index (χ0) is 15.6. The highest BCUT2D eigenvalue weighted by molar-refractivity contribution is 5.95. The van der Waals surface area contributed by atoms with Crippen LogP contribution in [0.25, 0.3) is 0 Å². The first-order valence-corrected chi connectivity index (χ1v) is 7.28. The van der Waals surface area contributed by atoms with E-state index in [9.17, 15) is 9.59 Å². The molecule has 1 unspecified atom stereocenters. The van der Waals surface area contributed by atoms with Crippen LogP contribution in [0.3, 0.4) is 0 Å². The van der Waals surface area contributed by atoms with E-state index in [2.05, 4.69) is 22.3 Å². The largest absolute Gasteiger partial charge is 0.345 e. The number of carbonyl (C=O) groups excluding carboxylic acids is 2. The molecule has 21 heavy (non-hydrogen) atoms. The Bertz CT molecular complexity index is 532. The summed E-state index contributed by atoms with van der Waals surface area (Å²) < 4.78 is 1.79. The lowest BCUT2D eigenvalue weighted by Crippen LogP contribution is -2.62. The van der Waals surface area contributed by atoms with Gasteiger partial charge >= 0.3 is 0 Å². The average molecular weight is 293 g/mol. The normalized spacial score (nSPS) is 19.8. The predicted octanol–water partition coefficient (Wildman–Crippen LogP) is 0.561. The van der Waals surface area contributed by atoms with Crippen molar-refractivity contribution in [3.8, 4) is 0 Å². The van der Waals surface area contributed by atoms with Gasteiger partial charge in [0.25, 0.3) is 0 Å². The second kappa shape index (κ2) is 5.83. The molecule has 1 fully saturated rings. The Balaban J connectivity index is 2.27. The Labute approximate surface area is 124 Å². The molecular formula is C14H23N5O2. The van der Waals surface area contributed by atoms with Crippen LogP contribution in [0.2, 0.25) is 0 Å². The van der Waals surface area contributed by atoms with Gasteiger partial charge in [-0.2, -0.15) is 5.10 Å². The highest BCUT2D eigenvalue weighted by Crippen LogP contribution is 2.27. The molecule has 7 nitrogen and oxygen atoms in total. The topological polar surface area (TPSA) is 80.1 Å². The molecule has 0 saturated carbocycles. The molecule has 1 aliphatic heterocycles. The van der Waals surface area contributed by atoms with Gasteiger partial charge in [-0.1, -0.05) is 27.7 Å². The molecule has 2 rings (SSSR count). The molecule has 1 aliphatic rings. The van der Waals surface area contributed by atoms with E-state index in [1.807, 2.05) is 20.8 Å². The second-order valence-electron chi connectivity index (χ2n) is 6.41. The molecule has 2 heterocycles. The van der Waals surface area contributed by atoms with Crippen molar-refractivity contribution in [2.24, 2.45) is 5.41 Å². The van der Waals surface area contributed by atoms with Crippen molar-refractivity contribution in [2.45, 2.75) is 53.2 Å². The van der Waals surface area contributed by atoms with Crippen LogP contribution in [0, 0.1) is 5.41 Å². The standard InChI is InChI=1S/C14H23N5O2/c1-5-6-19-10(16-9-17-19)8-18-11(20)7-15-13(21)12(18)14(2,3)4/h9,12H,5-8H2,1-4H3,(H,15,21). The van der Waals surface area contributed by atoms with Crippen LogP contribution in [0.1, 0.15) is 39.9 Å². The molecule has 116 valence electrons. The average Bonchev–Trinajstić information content (AvgIpc) is 2.80. The van der Waals surface area contributed by atoms with Gasteiger partial charge < -0.3 is 10.2 Å². The van der Waals surface area contributed by atoms with Crippen LogP contribution in [-0.2, 0) is 22.7 Å². The first-order valence-electron chi connectivity index (χ1n) is 7.28. The highest BCUT2D eigenvalue weighted by atomic mass is 16.2. The summed E-state index contributed by atoms with van der Waals surface area (Å²) in [5, 5.41) is 6.83. The van der Waals surface area contributed by atoms with E-state index in [1.165, 1.54) is 6.33 Å². The van der Waals surface area contributed by atoms with Gasteiger partial charge in [-0.05, 0) is 11.8 Å². The number of piperazine rings is 1. The van der Waals surface area contributed by atoms with E-state index in [0.29, 0.717) is 12.4 Å². The van der Waals surface area contributed by atoms with Gasteiger partial charge in [0.1, 0.15) is 18.2 Å². The number of aryl methyl sites for hydroxylation is 1. The number of rotatable bonds is 4. The predicted molar refractivity (Wildman–Crippen MR) is 77.1 cm³/mol. The second-order valence-corrected chi connectivity index (χ2v) is 6.41. The summed E-state index contributed by atoms with van der Waals surface area (Å²) >= 11 is 0. The molecule has 1 atom stereocenters. The Hall–Kier alpha value is -1.92. The van der Waals surface area contributed by atoms with Crippen molar-refractivity contribution < 1.29 is 9.59 Å². The molecule has 1 N–H and O–H groups in total. The fourth-order valence-electron chi connectivity index (χ4n) is 2.65. The van der Waals surface area contributed by atoms with Gasteiger partial charge in [-0.15, -0.1) is 0 Å². The number of amides is 2. The number of hydrogen-bond donors (Lipinski definition) is 1. The van der Waals surface area contributed by atoms with Gasteiger partial charge in [0.05, 0.1) is 13.1 Å². The maximum absolute atomic E-state index is 12.2. The lowest BCUT2D eigenvalue weighted by molar-refractivity contribution is -0.151. The smallest absolute Gasteiger partial charge is 0.243 e. The van der Waals surface area contributed by atoms with Gasteiger partial charge in [0.2, 0.25) is 11.8 Å². The molecule has 0 aliphatic carbocycles. The van der Waals surface area contributed by atoms with Crippen LogP contribution < -0.4 is 5.32 Å². The van der Waals surface area contributed by atoms with Crippen LogP contribution in [-0.4, -0.2) is 44.1 Å². The van der Waals surface area contributed by atoms with Gasteiger partial charge in [0.15, 0.2) is 0 Å². The van der Waals surface area contributed by atoms with Crippen LogP contribution in [0.5, 0.6) is 0 Å². The molecule has 1 saturated heterocycles. The first-order chi connectivity index (χ1) is 9.84. The van der Waals surface area contributed by atoms with E-state index < -0.39 is 6.04 Å². The minimum Gasteiger partial charge on any atom is -0.345 e. The molecule has 7 heteroatoms. The van der Waals surface area contributed by atoms with Crippen molar-refractivity contribution in [1.82, 2.24) is 25.0 Å². The molecule has 1 aromatic heterocycles. The van der Waals surface area contributed by atoms with Gasteiger partial charge in [0, 0.05) is 6.54 Å². The summed E-state index contributed by atoms with van der Waals surface area (Å²) in [6.45, 7) is 9.05. The van der Waals surface area contributed by atoms with Crippen molar-refractivity contribution >= 4 is 11.8 Å². The van der Waals surface area contributed by atoms with E-state index in [-0.39, 0.29) is 23.8 Å². The third kappa shape index (κ3) is 3.22. The van der Waals surface area contributed by atoms with Gasteiger partial charge in [-0.3, -0.25) is 9.59 Å². The molecule has 1 aromatic rings. The lowest BCUT2D eigenvalue weighted by atomic mass is 9.84. The van der Waals surface area contributed by atoms with Crippen LogP contribution >= 0.6 is 0 Å². The zero-order valence-corrected chi connectivity index (χ0v) is 13.1. The number of nitrogens with zero attached hydrogens (tertiary/aromatic N) is 4. The van der Waals surface area contributed by atoms with Crippen molar-refractivity contribution in [3.05, 3.63) is 12.2 Å². The number of nitrogens with one attached hydrogen (secondary N) is 1. The summed E-state index contributed by atoms with van der Waals surface area (Å²) in [6, 6.07) is -0.495. The highest BCUT2D eigenvalue weighted by Gasteiger charge is 2.42. The molecule has 0 aromatic carbocycles. The lowest BCUT2D eigenvalue weighted by Gasteiger charge is -2.41. The first kappa shape index (κ1) is 15.5. The minimum absolute atomic E-state index is 0.0489. The Morgan fingerprint density at radius 3 is 2.71 bits per heavy atom. The maximum Gasteiger partial charge on any atom is 0.243 e. The minimum atomic E-state index is -0.495. The van der Waals surface area contributed by atoms with Crippen LogP contribution in [0.4, 0.5) is 0 Å². The summed E-state index contributed by atoms with van der Waals surface area (Å²) in [7, 11) is 0. The molecule has 2 amide bonds. The van der Waals surface area contributed by atoms with Gasteiger partial charge in [-0.25, -0.2) is 9.67 Å². The Kier molecular flexibility index (Phi) is 4.29. The number of aromatic nitrogens is 3. The zero-order valence-electron chi connectivity index (χ0n) is 13.1. The Morgan fingerprint density at radius 2 is 2.10 bits per heavy atom. The van der Waals surface area contributed by atoms with E-state index >= 15 is 0 Å². The fraction of sp³-hybridized carbons (Fsp3) is 0.714. The third-order valence-electron chi connectivity index (χ3n) is 3.56. The van der Waals surface area contributed by atoms with Crippen molar-refractivity contribution in [2.75, 3.05) is 6.54 Å². The fourth-order valence-corrected chi connectivity index (χ4v) is 2.65. The summed E-state index contributed by atoms with van der Waals surface area (Å²) in [4.78, 5) is 30.3. The monoisotopic (exact) mass is 293 g/mol. The number of carbonyl (C=O) groups is 2. The van der Waals surface area contributed by atoms with E-state index in [0.717, 1.165) is 13.0 Å². The quantitative estimate of drug-likeness (QED) is 0.879.